The number of hydrogen-bond acceptors (Lipinski definition) is 6. The molecular formula is C17H16ClN3O3S3. The maximum absolute atomic E-state index is 12.2. The first-order chi connectivity index (χ1) is 12.8. The summed E-state index contributed by atoms with van der Waals surface area (Å²) in [5.41, 5.74) is 0.815. The van der Waals surface area contributed by atoms with Crippen molar-refractivity contribution in [1.29, 1.82) is 0 Å². The summed E-state index contributed by atoms with van der Waals surface area (Å²) in [6, 6.07) is 9.95. The van der Waals surface area contributed by atoms with Gasteiger partial charge in [-0.25, -0.2) is 18.1 Å². The first-order valence-electron chi connectivity index (χ1n) is 7.91. The number of thiophene rings is 1. The molecule has 0 atom stereocenters. The summed E-state index contributed by atoms with van der Waals surface area (Å²) in [4.78, 5) is 18.7. The van der Waals surface area contributed by atoms with E-state index in [2.05, 4.69) is 15.0 Å². The standard InChI is InChI=1S/C17H16ClN3O3S3/c1-11-5-6-15(26-11)14-10-25-17(20-14)21-16(22)7-8-19-27(23,24)13-4-2-3-12(18)9-13/h2-6,9-10,19H,7-8H2,1H3,(H,20,21,22). The fraction of sp³-hybridized carbons (Fsp3) is 0.176. The average molecular weight is 442 g/mol. The van der Waals surface area contributed by atoms with Crippen LogP contribution in [-0.4, -0.2) is 25.9 Å². The second-order valence-corrected chi connectivity index (χ2v) is 9.95. The maximum Gasteiger partial charge on any atom is 0.240 e. The van der Waals surface area contributed by atoms with Gasteiger partial charge >= 0.3 is 0 Å². The zero-order chi connectivity index (χ0) is 19.4. The smallest absolute Gasteiger partial charge is 0.240 e. The lowest BCUT2D eigenvalue weighted by Gasteiger charge is -2.07. The molecule has 0 aliphatic carbocycles. The molecule has 0 unspecified atom stereocenters. The largest absolute Gasteiger partial charge is 0.302 e. The molecule has 0 spiro atoms. The van der Waals surface area contributed by atoms with Crippen LogP contribution in [0, 0.1) is 6.92 Å². The summed E-state index contributed by atoms with van der Waals surface area (Å²) in [5, 5.41) is 5.38. The van der Waals surface area contributed by atoms with Gasteiger partial charge in [-0.2, -0.15) is 0 Å². The predicted molar refractivity (Wildman–Crippen MR) is 110 cm³/mol. The summed E-state index contributed by atoms with van der Waals surface area (Å²) in [6.45, 7) is 2.00. The zero-order valence-corrected chi connectivity index (χ0v) is 17.4. The monoisotopic (exact) mass is 441 g/mol. The minimum Gasteiger partial charge on any atom is -0.302 e. The lowest BCUT2D eigenvalue weighted by molar-refractivity contribution is -0.116. The lowest BCUT2D eigenvalue weighted by atomic mass is 10.4. The van der Waals surface area contributed by atoms with Crippen LogP contribution < -0.4 is 10.0 Å². The van der Waals surface area contributed by atoms with Crippen LogP contribution in [0.4, 0.5) is 5.13 Å². The average Bonchev–Trinajstić information content (AvgIpc) is 3.23. The number of thiazole rings is 1. The van der Waals surface area contributed by atoms with E-state index < -0.39 is 10.0 Å². The van der Waals surface area contributed by atoms with Gasteiger partial charge in [0.2, 0.25) is 15.9 Å². The van der Waals surface area contributed by atoms with Gasteiger partial charge in [0.25, 0.3) is 0 Å². The highest BCUT2D eigenvalue weighted by Gasteiger charge is 2.15. The molecule has 0 fully saturated rings. The molecule has 0 aliphatic rings. The van der Waals surface area contributed by atoms with Crippen LogP contribution in [0.5, 0.6) is 0 Å². The molecule has 3 aromatic rings. The van der Waals surface area contributed by atoms with Crippen molar-refractivity contribution in [1.82, 2.24) is 9.71 Å². The van der Waals surface area contributed by atoms with Crippen molar-refractivity contribution < 1.29 is 13.2 Å². The number of benzene rings is 1. The molecule has 0 aliphatic heterocycles. The van der Waals surface area contributed by atoms with Gasteiger partial charge in [-0.05, 0) is 37.3 Å². The normalized spacial score (nSPS) is 11.5. The third-order valence-electron chi connectivity index (χ3n) is 3.49. The number of rotatable bonds is 7. The van der Waals surface area contributed by atoms with E-state index in [0.717, 1.165) is 10.6 Å². The van der Waals surface area contributed by atoms with Crippen molar-refractivity contribution in [2.75, 3.05) is 11.9 Å². The van der Waals surface area contributed by atoms with E-state index in [1.807, 2.05) is 24.4 Å². The topological polar surface area (TPSA) is 88.2 Å². The molecule has 2 aromatic heterocycles. The fourth-order valence-electron chi connectivity index (χ4n) is 2.21. The Balaban J connectivity index is 1.52. The first kappa shape index (κ1) is 20.0. The van der Waals surface area contributed by atoms with Gasteiger partial charge in [0.05, 0.1) is 15.5 Å². The van der Waals surface area contributed by atoms with E-state index in [1.165, 1.54) is 28.3 Å². The molecule has 6 nitrogen and oxygen atoms in total. The number of hydrogen-bond donors (Lipinski definition) is 2. The number of carbonyl (C=O) groups excluding carboxylic acids is 1. The molecular weight excluding hydrogens is 426 g/mol. The van der Waals surface area contributed by atoms with Crippen LogP contribution in [-0.2, 0) is 14.8 Å². The molecule has 0 saturated heterocycles. The summed E-state index contributed by atoms with van der Waals surface area (Å²) in [5.74, 6) is -0.313. The lowest BCUT2D eigenvalue weighted by Crippen LogP contribution is -2.27. The van der Waals surface area contributed by atoms with Crippen molar-refractivity contribution in [2.24, 2.45) is 0 Å². The number of nitrogens with zero attached hydrogens (tertiary/aromatic N) is 1. The Bertz CT molecular complexity index is 1060. The van der Waals surface area contributed by atoms with E-state index in [9.17, 15) is 13.2 Å². The van der Waals surface area contributed by atoms with Crippen molar-refractivity contribution in [2.45, 2.75) is 18.2 Å². The summed E-state index contributed by atoms with van der Waals surface area (Å²) < 4.78 is 26.7. The fourth-order valence-corrected chi connectivity index (χ4v) is 5.18. The predicted octanol–water partition coefficient (Wildman–Crippen LogP) is 4.14. The minimum atomic E-state index is -3.71. The van der Waals surface area contributed by atoms with E-state index in [1.54, 1.807) is 23.5 Å². The van der Waals surface area contributed by atoms with Crippen LogP contribution >= 0.6 is 34.3 Å². The van der Waals surface area contributed by atoms with Crippen LogP contribution in [0.2, 0.25) is 5.02 Å². The highest BCUT2D eigenvalue weighted by atomic mass is 35.5. The molecule has 0 saturated carbocycles. The quantitative estimate of drug-likeness (QED) is 0.576. The van der Waals surface area contributed by atoms with Crippen molar-refractivity contribution in [3.63, 3.8) is 0 Å². The summed E-state index contributed by atoms with van der Waals surface area (Å²) in [6.07, 6.45) is -0.00712. The number of aryl methyl sites for hydroxylation is 1. The van der Waals surface area contributed by atoms with Gasteiger partial charge < -0.3 is 5.32 Å². The minimum absolute atomic E-state index is 0.00712. The number of anilines is 1. The first-order valence-corrected chi connectivity index (χ1v) is 11.5. The second kappa shape index (κ2) is 8.49. The van der Waals surface area contributed by atoms with Crippen molar-refractivity contribution in [3.05, 3.63) is 51.7 Å². The number of aromatic nitrogens is 1. The molecule has 0 bridgehead atoms. The highest BCUT2D eigenvalue weighted by Crippen LogP contribution is 2.30. The van der Waals surface area contributed by atoms with Crippen LogP contribution in [0.3, 0.4) is 0 Å². The molecule has 2 N–H and O–H groups in total. The van der Waals surface area contributed by atoms with E-state index in [4.69, 9.17) is 11.6 Å². The molecule has 142 valence electrons. The van der Waals surface area contributed by atoms with Crippen LogP contribution in [0.25, 0.3) is 10.6 Å². The molecule has 0 radical (unpaired) electrons. The van der Waals surface area contributed by atoms with Gasteiger partial charge in [0.15, 0.2) is 5.13 Å². The van der Waals surface area contributed by atoms with Crippen molar-refractivity contribution in [3.8, 4) is 10.6 Å². The van der Waals surface area contributed by atoms with Crippen LogP contribution in [0.15, 0.2) is 46.7 Å². The molecule has 1 amide bonds. The van der Waals surface area contributed by atoms with E-state index >= 15 is 0 Å². The Hall–Kier alpha value is -1.78. The third-order valence-corrected chi connectivity index (χ3v) is 6.97. The molecule has 3 rings (SSSR count). The molecule has 27 heavy (non-hydrogen) atoms. The van der Waals surface area contributed by atoms with Crippen LogP contribution in [0.1, 0.15) is 11.3 Å². The van der Waals surface area contributed by atoms with E-state index in [0.29, 0.717) is 10.2 Å². The van der Waals surface area contributed by atoms with Gasteiger partial charge in [0, 0.05) is 28.2 Å². The Morgan fingerprint density at radius 3 is 2.78 bits per heavy atom. The molecule has 1 aromatic carbocycles. The Kier molecular flexibility index (Phi) is 6.28. The zero-order valence-electron chi connectivity index (χ0n) is 14.2. The number of amides is 1. The third kappa shape index (κ3) is 5.36. The van der Waals surface area contributed by atoms with Gasteiger partial charge in [-0.15, -0.1) is 22.7 Å². The Morgan fingerprint density at radius 2 is 2.07 bits per heavy atom. The van der Waals surface area contributed by atoms with Gasteiger partial charge in [0.1, 0.15) is 0 Å². The second-order valence-electron chi connectivity index (χ2n) is 5.60. The summed E-state index contributed by atoms with van der Waals surface area (Å²) >= 11 is 8.78. The van der Waals surface area contributed by atoms with E-state index in [-0.39, 0.29) is 23.8 Å². The maximum atomic E-state index is 12.2. The van der Waals surface area contributed by atoms with Crippen molar-refractivity contribution >= 4 is 55.3 Å². The number of halogens is 1. The van der Waals surface area contributed by atoms with Gasteiger partial charge in [-0.1, -0.05) is 17.7 Å². The Labute approximate surface area is 170 Å². The molecule has 10 heteroatoms. The molecule has 2 heterocycles. The number of nitrogens with one attached hydrogen (secondary N) is 2. The number of sulfonamides is 1. The number of carbonyl (C=O) groups is 1. The highest BCUT2D eigenvalue weighted by molar-refractivity contribution is 7.89. The Morgan fingerprint density at radius 1 is 1.26 bits per heavy atom. The van der Waals surface area contributed by atoms with Gasteiger partial charge in [-0.3, -0.25) is 4.79 Å². The summed E-state index contributed by atoms with van der Waals surface area (Å²) in [7, 11) is -3.71. The SMILES string of the molecule is Cc1ccc(-c2csc(NC(=O)CCNS(=O)(=O)c3cccc(Cl)c3)n2)s1.